The van der Waals surface area contributed by atoms with E-state index in [2.05, 4.69) is 20.3 Å². The Labute approximate surface area is 222 Å². The summed E-state index contributed by atoms with van der Waals surface area (Å²) >= 11 is 0.930. The molecule has 3 aromatic rings. The number of nitrogens with one attached hydrogen (secondary N) is 3. The maximum Gasteiger partial charge on any atom is 0.270 e. The summed E-state index contributed by atoms with van der Waals surface area (Å²) in [7, 11) is -3.51. The summed E-state index contributed by atoms with van der Waals surface area (Å²) in [6.07, 6.45) is -2.11. The largest absolute Gasteiger partial charge is 0.390 e. The van der Waals surface area contributed by atoms with Crippen LogP contribution in [0.4, 0.5) is 13.9 Å². The molecule has 10 nitrogen and oxygen atoms in total. The van der Waals surface area contributed by atoms with Crippen LogP contribution < -0.4 is 15.4 Å². The highest BCUT2D eigenvalue weighted by Crippen LogP contribution is 2.16. The second-order valence-corrected chi connectivity index (χ2v) is 10.8. The quantitative estimate of drug-likeness (QED) is 0.249. The Hall–Kier alpha value is -3.46. The molecule has 0 bridgehead atoms. The van der Waals surface area contributed by atoms with Crippen LogP contribution in [0, 0.1) is 18.6 Å². The minimum Gasteiger partial charge on any atom is -0.390 e. The third-order valence-corrected chi connectivity index (χ3v) is 6.11. The van der Waals surface area contributed by atoms with Crippen molar-refractivity contribution in [3.63, 3.8) is 0 Å². The molecule has 2 atom stereocenters. The number of aryl methyl sites for hydroxylation is 1. The highest BCUT2D eigenvalue weighted by atomic mass is 32.2. The van der Waals surface area contributed by atoms with E-state index in [-0.39, 0.29) is 23.8 Å². The first kappa shape index (κ1) is 30.8. The molecule has 0 saturated heterocycles. The molecule has 0 radical (unpaired) electrons. The van der Waals surface area contributed by atoms with Crippen LogP contribution in [0.2, 0.25) is 0 Å². The lowest BCUT2D eigenvalue weighted by molar-refractivity contribution is -0.124. The number of nitrogens with zero attached hydrogens (tertiary/aromatic N) is 1. The van der Waals surface area contributed by atoms with Gasteiger partial charge in [-0.1, -0.05) is 30.3 Å². The topological polar surface area (TPSA) is 158 Å². The predicted octanol–water partition coefficient (Wildman–Crippen LogP) is 1.95. The third-order valence-electron chi connectivity index (χ3n) is 4.66. The molecule has 0 aliphatic carbocycles. The monoisotopic (exact) mass is 570 g/mol. The second kappa shape index (κ2) is 14.5. The summed E-state index contributed by atoms with van der Waals surface area (Å²) in [6, 6.07) is 12.6. The maximum absolute atomic E-state index is 12.2. The average molecular weight is 571 g/mol. The lowest BCUT2D eigenvalue weighted by Crippen LogP contribution is -2.41. The van der Waals surface area contributed by atoms with E-state index in [1.807, 2.05) is 30.3 Å². The summed E-state index contributed by atoms with van der Waals surface area (Å²) in [5.41, 5.74) is 1.46. The SMILES string of the molecule is CS(=O)(=O)Nc1nc(C(=O)NCC(O)C(O)CC(=O)NCc2ccccc2)cs1.Cc1cc(F)cc(F)c1. The Morgan fingerprint density at radius 3 is 2.24 bits per heavy atom. The number of benzene rings is 2. The molecule has 0 aliphatic rings. The van der Waals surface area contributed by atoms with E-state index >= 15 is 0 Å². The molecule has 14 heteroatoms. The lowest BCUT2D eigenvalue weighted by atomic mass is 10.1. The van der Waals surface area contributed by atoms with E-state index < -0.39 is 45.7 Å². The lowest BCUT2D eigenvalue weighted by Gasteiger charge is -2.17. The Balaban J connectivity index is 0.000000474. The minimum absolute atomic E-state index is 0.0355. The fraction of sp³-hybridized carbons (Fsp3) is 0.292. The third kappa shape index (κ3) is 11.7. The van der Waals surface area contributed by atoms with Crippen LogP contribution >= 0.6 is 11.3 Å². The van der Waals surface area contributed by atoms with Gasteiger partial charge in [0.15, 0.2) is 5.13 Å². The van der Waals surface area contributed by atoms with Gasteiger partial charge in [-0.3, -0.25) is 14.3 Å². The van der Waals surface area contributed by atoms with Crippen molar-refractivity contribution in [2.75, 3.05) is 17.5 Å². The van der Waals surface area contributed by atoms with Gasteiger partial charge < -0.3 is 20.8 Å². The molecule has 1 aromatic heterocycles. The number of rotatable bonds is 10. The van der Waals surface area contributed by atoms with E-state index in [0.717, 1.165) is 29.2 Å². The molecule has 0 fully saturated rings. The molecule has 2 aromatic carbocycles. The number of hydrogen-bond acceptors (Lipinski definition) is 8. The van der Waals surface area contributed by atoms with Crippen molar-refractivity contribution in [1.82, 2.24) is 15.6 Å². The molecular weight excluding hydrogens is 542 g/mol. The normalized spacial score (nSPS) is 12.5. The van der Waals surface area contributed by atoms with Crippen molar-refractivity contribution >= 4 is 38.3 Å². The van der Waals surface area contributed by atoms with Gasteiger partial charge in [-0.2, -0.15) is 0 Å². The van der Waals surface area contributed by atoms with Crippen molar-refractivity contribution < 1.29 is 37.0 Å². The van der Waals surface area contributed by atoms with Crippen molar-refractivity contribution in [3.05, 3.63) is 82.4 Å². The summed E-state index contributed by atoms with van der Waals surface area (Å²) in [4.78, 5) is 27.7. The van der Waals surface area contributed by atoms with Gasteiger partial charge in [0.25, 0.3) is 5.91 Å². The summed E-state index contributed by atoms with van der Waals surface area (Å²) in [5.74, 6) is -2.13. The van der Waals surface area contributed by atoms with Gasteiger partial charge in [0.2, 0.25) is 15.9 Å². The minimum atomic E-state index is -3.51. The number of sulfonamides is 1. The number of anilines is 1. The zero-order valence-electron chi connectivity index (χ0n) is 20.5. The Morgan fingerprint density at radius 2 is 1.66 bits per heavy atom. The molecule has 5 N–H and O–H groups in total. The Kier molecular flexibility index (Phi) is 11.7. The van der Waals surface area contributed by atoms with E-state index in [1.165, 1.54) is 17.5 Å². The predicted molar refractivity (Wildman–Crippen MR) is 139 cm³/mol. The summed E-state index contributed by atoms with van der Waals surface area (Å²) in [6.45, 7) is 1.64. The van der Waals surface area contributed by atoms with E-state index in [4.69, 9.17) is 0 Å². The first-order valence-corrected chi connectivity index (χ1v) is 13.9. The number of halogens is 2. The summed E-state index contributed by atoms with van der Waals surface area (Å²) in [5, 5.41) is 26.3. The molecule has 1 heterocycles. The van der Waals surface area contributed by atoms with Gasteiger partial charge in [-0.05, 0) is 30.2 Å². The number of aliphatic hydroxyl groups excluding tert-OH is 2. The first-order chi connectivity index (χ1) is 17.8. The fourth-order valence-electron chi connectivity index (χ4n) is 2.89. The van der Waals surface area contributed by atoms with Crippen molar-refractivity contribution in [3.8, 4) is 0 Å². The zero-order chi connectivity index (χ0) is 28.3. The van der Waals surface area contributed by atoms with Crippen LogP contribution in [-0.2, 0) is 21.4 Å². The van der Waals surface area contributed by atoms with E-state index in [1.54, 1.807) is 6.92 Å². The van der Waals surface area contributed by atoms with Crippen molar-refractivity contribution in [2.24, 2.45) is 0 Å². The highest BCUT2D eigenvalue weighted by Gasteiger charge is 2.21. The van der Waals surface area contributed by atoms with E-state index in [9.17, 15) is 37.0 Å². The Morgan fingerprint density at radius 1 is 1.03 bits per heavy atom. The molecule has 2 unspecified atom stereocenters. The van der Waals surface area contributed by atoms with Gasteiger partial charge in [0, 0.05) is 24.5 Å². The maximum atomic E-state index is 12.2. The molecule has 0 aliphatic heterocycles. The smallest absolute Gasteiger partial charge is 0.270 e. The molecule has 0 saturated carbocycles. The Bertz CT molecular complexity index is 1270. The number of thiazole rings is 1. The van der Waals surface area contributed by atoms with Crippen LogP contribution in [-0.4, -0.2) is 60.4 Å². The number of aromatic nitrogens is 1. The van der Waals surface area contributed by atoms with Gasteiger partial charge in [-0.15, -0.1) is 11.3 Å². The van der Waals surface area contributed by atoms with Gasteiger partial charge in [0.05, 0.1) is 24.9 Å². The fourth-order valence-corrected chi connectivity index (χ4v) is 4.44. The molecule has 2 amide bonds. The van der Waals surface area contributed by atoms with Crippen LogP contribution in [0.3, 0.4) is 0 Å². The number of aliphatic hydroxyl groups is 2. The molecule has 0 spiro atoms. The van der Waals surface area contributed by atoms with Gasteiger partial charge in [0.1, 0.15) is 17.3 Å². The number of carbonyl (C=O) groups is 2. The van der Waals surface area contributed by atoms with Crippen LogP contribution in [0.25, 0.3) is 0 Å². The molecular formula is C24H28F2N4O6S2. The molecule has 38 heavy (non-hydrogen) atoms. The standard InChI is InChI=1S/C17H22N4O6S2.C7H6F2/c1-29(26,27)21-17-20-12(10-28-17)16(25)19-9-14(23)13(22)7-15(24)18-8-11-5-3-2-4-6-11;1-5-2-6(8)4-7(9)3-5/h2-6,10,13-14,22-23H,7-9H2,1H3,(H,18,24)(H,19,25)(H,20,21);2-4H,1H3. The van der Waals surface area contributed by atoms with Crippen molar-refractivity contribution in [2.45, 2.75) is 32.1 Å². The van der Waals surface area contributed by atoms with E-state index in [0.29, 0.717) is 12.1 Å². The number of amides is 2. The second-order valence-electron chi connectivity index (χ2n) is 8.17. The molecule has 206 valence electrons. The highest BCUT2D eigenvalue weighted by molar-refractivity contribution is 7.92. The first-order valence-electron chi connectivity index (χ1n) is 11.1. The van der Waals surface area contributed by atoms with Crippen molar-refractivity contribution in [1.29, 1.82) is 0 Å². The zero-order valence-corrected chi connectivity index (χ0v) is 22.2. The average Bonchev–Trinajstić information content (AvgIpc) is 3.28. The van der Waals surface area contributed by atoms with Gasteiger partial charge >= 0.3 is 0 Å². The summed E-state index contributed by atoms with van der Waals surface area (Å²) < 4.78 is 48.8. The van der Waals surface area contributed by atoms with Crippen LogP contribution in [0.1, 0.15) is 28.0 Å². The van der Waals surface area contributed by atoms with Gasteiger partial charge in [-0.25, -0.2) is 22.2 Å². The number of carbonyl (C=O) groups excluding carboxylic acids is 2. The van der Waals surface area contributed by atoms with Crippen LogP contribution in [0.15, 0.2) is 53.9 Å². The number of hydrogen-bond donors (Lipinski definition) is 5. The molecule has 3 rings (SSSR count). The van der Waals surface area contributed by atoms with Crippen LogP contribution in [0.5, 0.6) is 0 Å².